The summed E-state index contributed by atoms with van der Waals surface area (Å²) in [6.07, 6.45) is -4.49. The van der Waals surface area contributed by atoms with Crippen LogP contribution in [0.15, 0.2) is 36.4 Å². The molecule has 182 valence electrons. The molecule has 0 spiro atoms. The molecule has 1 aliphatic rings. The molecule has 2 aromatic carbocycles. The van der Waals surface area contributed by atoms with Crippen molar-refractivity contribution < 1.29 is 27.4 Å². The van der Waals surface area contributed by atoms with Gasteiger partial charge in [-0.25, -0.2) is 9.97 Å². The number of fused-ring (bicyclic) bond motifs is 1. The van der Waals surface area contributed by atoms with E-state index in [2.05, 4.69) is 20.6 Å². The number of hydrogen-bond acceptors (Lipinski definition) is 7. The number of rotatable bonds is 7. The maximum Gasteiger partial charge on any atom is 0.416 e. The number of aryl methyl sites for hydroxylation is 1. The summed E-state index contributed by atoms with van der Waals surface area (Å²) in [6.45, 7) is 6.00. The van der Waals surface area contributed by atoms with Gasteiger partial charge >= 0.3 is 6.18 Å². The first-order chi connectivity index (χ1) is 16.2. The number of hydrogen-bond donors (Lipinski definition) is 2. The number of alkyl halides is 3. The highest BCUT2D eigenvalue weighted by molar-refractivity contribution is 5.92. The van der Waals surface area contributed by atoms with E-state index >= 15 is 0 Å². The van der Waals surface area contributed by atoms with Gasteiger partial charge in [0.2, 0.25) is 0 Å². The molecule has 1 aromatic heterocycles. The van der Waals surface area contributed by atoms with Crippen LogP contribution in [0.4, 0.5) is 19.0 Å². The molecule has 0 aliphatic carbocycles. The maximum absolute atomic E-state index is 13.2. The Morgan fingerprint density at radius 2 is 2.03 bits per heavy atom. The third kappa shape index (κ3) is 5.51. The number of morpholine rings is 1. The lowest BCUT2D eigenvalue weighted by atomic mass is 10.0. The van der Waals surface area contributed by atoms with Crippen LogP contribution in [0.3, 0.4) is 0 Å². The van der Waals surface area contributed by atoms with Gasteiger partial charge in [-0.15, -0.1) is 0 Å². The van der Waals surface area contributed by atoms with Gasteiger partial charge in [0, 0.05) is 30.6 Å². The second kappa shape index (κ2) is 10.0. The second-order valence-electron chi connectivity index (χ2n) is 8.14. The van der Waals surface area contributed by atoms with E-state index in [4.69, 9.17) is 14.2 Å². The minimum absolute atomic E-state index is 0.0815. The van der Waals surface area contributed by atoms with Crippen LogP contribution in [0.2, 0.25) is 0 Å². The van der Waals surface area contributed by atoms with Gasteiger partial charge in [0.15, 0.2) is 11.5 Å². The summed E-state index contributed by atoms with van der Waals surface area (Å²) in [4.78, 5) is 9.00. The van der Waals surface area contributed by atoms with Crippen LogP contribution < -0.4 is 20.1 Å². The average molecular weight is 476 g/mol. The third-order valence-corrected chi connectivity index (χ3v) is 5.59. The zero-order chi connectivity index (χ0) is 24.3. The summed E-state index contributed by atoms with van der Waals surface area (Å²) in [7, 11) is 1.55. The molecule has 10 heteroatoms. The Labute approximate surface area is 195 Å². The van der Waals surface area contributed by atoms with Gasteiger partial charge in [0.1, 0.15) is 24.4 Å². The maximum atomic E-state index is 13.2. The van der Waals surface area contributed by atoms with Crippen LogP contribution in [0.1, 0.15) is 29.9 Å². The lowest BCUT2D eigenvalue weighted by Gasteiger charge is -2.24. The predicted octanol–water partition coefficient (Wildman–Crippen LogP) is 4.51. The number of methoxy groups -OCH3 is 1. The number of nitrogens with zero attached hydrogens (tertiary/aromatic N) is 2. The van der Waals surface area contributed by atoms with Crippen molar-refractivity contribution in [3.8, 4) is 11.5 Å². The molecule has 2 N–H and O–H groups in total. The number of benzene rings is 2. The number of ether oxygens (including phenoxy) is 3. The van der Waals surface area contributed by atoms with Gasteiger partial charge < -0.3 is 24.8 Å². The molecule has 0 saturated carbocycles. The Kier molecular flexibility index (Phi) is 7.08. The molecule has 1 fully saturated rings. The molecule has 7 nitrogen and oxygen atoms in total. The van der Waals surface area contributed by atoms with Gasteiger partial charge in [-0.05, 0) is 37.6 Å². The largest absolute Gasteiger partial charge is 0.493 e. The monoisotopic (exact) mass is 476 g/mol. The Balaban J connectivity index is 1.64. The average Bonchev–Trinajstić information content (AvgIpc) is 2.82. The molecule has 4 rings (SSSR count). The molecule has 2 atom stereocenters. The van der Waals surface area contributed by atoms with Crippen LogP contribution in [0.25, 0.3) is 10.9 Å². The molecule has 0 unspecified atom stereocenters. The standard InChI is InChI=1S/C24H27F3N4O3/c1-14(16-5-4-6-17(9-16)24(25,26)27)29-23-19-10-22(34-13-18-12-28-7-8-33-18)21(32-3)11-20(19)30-15(2)31-23/h4-6,9-11,14,18,28H,7-8,12-13H2,1-3H3,(H,29,30,31)/t14-,18+/m1/s1. The summed E-state index contributed by atoms with van der Waals surface area (Å²) in [5.74, 6) is 2.04. The Morgan fingerprint density at radius 3 is 2.74 bits per heavy atom. The van der Waals surface area contributed by atoms with Gasteiger partial charge in [-0.2, -0.15) is 13.2 Å². The predicted molar refractivity (Wildman–Crippen MR) is 122 cm³/mol. The van der Waals surface area contributed by atoms with Crippen LogP contribution in [-0.4, -0.2) is 49.5 Å². The molecular formula is C24H27F3N4O3. The van der Waals surface area contributed by atoms with E-state index in [1.54, 1.807) is 39.2 Å². The SMILES string of the molecule is COc1cc2nc(C)nc(N[C@H](C)c3cccc(C(F)(F)F)c3)c2cc1OC[C@@H]1CNCCO1. The van der Waals surface area contributed by atoms with Gasteiger partial charge in [0.05, 0.1) is 24.8 Å². The first-order valence-corrected chi connectivity index (χ1v) is 11.0. The molecule has 2 heterocycles. The Bertz CT molecular complexity index is 1150. The van der Waals surface area contributed by atoms with Crippen molar-refractivity contribution in [2.75, 3.05) is 38.7 Å². The number of anilines is 1. The van der Waals surface area contributed by atoms with E-state index in [0.717, 1.165) is 18.7 Å². The highest BCUT2D eigenvalue weighted by Gasteiger charge is 2.30. The lowest BCUT2D eigenvalue weighted by Crippen LogP contribution is -2.41. The van der Waals surface area contributed by atoms with Crippen LogP contribution in [0.5, 0.6) is 11.5 Å². The van der Waals surface area contributed by atoms with E-state index in [9.17, 15) is 13.2 Å². The smallest absolute Gasteiger partial charge is 0.416 e. The number of halogens is 3. The number of nitrogens with one attached hydrogen (secondary N) is 2. The molecule has 34 heavy (non-hydrogen) atoms. The minimum atomic E-state index is -4.41. The molecule has 0 radical (unpaired) electrons. The lowest BCUT2D eigenvalue weighted by molar-refractivity contribution is -0.137. The second-order valence-corrected chi connectivity index (χ2v) is 8.14. The Morgan fingerprint density at radius 1 is 1.21 bits per heavy atom. The van der Waals surface area contributed by atoms with E-state index in [0.29, 0.717) is 59.4 Å². The van der Waals surface area contributed by atoms with Crippen molar-refractivity contribution in [3.63, 3.8) is 0 Å². The quantitative estimate of drug-likeness (QED) is 0.520. The van der Waals surface area contributed by atoms with Crippen LogP contribution >= 0.6 is 0 Å². The van der Waals surface area contributed by atoms with Crippen LogP contribution in [0, 0.1) is 6.92 Å². The molecule has 1 saturated heterocycles. The molecule has 0 bridgehead atoms. The van der Waals surface area contributed by atoms with Crippen molar-refractivity contribution >= 4 is 16.7 Å². The molecule has 3 aromatic rings. The van der Waals surface area contributed by atoms with Gasteiger partial charge in [0.25, 0.3) is 0 Å². The molecule has 1 aliphatic heterocycles. The van der Waals surface area contributed by atoms with E-state index < -0.39 is 17.8 Å². The van der Waals surface area contributed by atoms with Crippen molar-refractivity contribution in [2.45, 2.75) is 32.2 Å². The molecular weight excluding hydrogens is 449 g/mol. The minimum Gasteiger partial charge on any atom is -0.493 e. The molecule has 0 amide bonds. The van der Waals surface area contributed by atoms with Crippen molar-refractivity contribution in [1.29, 1.82) is 0 Å². The van der Waals surface area contributed by atoms with Crippen molar-refractivity contribution in [2.24, 2.45) is 0 Å². The van der Waals surface area contributed by atoms with Crippen molar-refractivity contribution in [3.05, 3.63) is 53.3 Å². The fourth-order valence-corrected chi connectivity index (χ4v) is 3.82. The van der Waals surface area contributed by atoms with E-state index in [1.165, 1.54) is 6.07 Å². The fraction of sp³-hybridized carbons (Fsp3) is 0.417. The first-order valence-electron chi connectivity index (χ1n) is 11.0. The van der Waals surface area contributed by atoms with Crippen molar-refractivity contribution in [1.82, 2.24) is 15.3 Å². The number of aromatic nitrogens is 2. The third-order valence-electron chi connectivity index (χ3n) is 5.59. The van der Waals surface area contributed by atoms with Gasteiger partial charge in [-0.3, -0.25) is 0 Å². The first kappa shape index (κ1) is 24.0. The zero-order valence-electron chi connectivity index (χ0n) is 19.2. The summed E-state index contributed by atoms with van der Waals surface area (Å²) in [6, 6.07) is 8.36. The van der Waals surface area contributed by atoms with E-state index in [1.807, 2.05) is 0 Å². The Hall–Kier alpha value is -3.11. The fourth-order valence-electron chi connectivity index (χ4n) is 3.82. The highest BCUT2D eigenvalue weighted by Crippen LogP contribution is 2.36. The summed E-state index contributed by atoms with van der Waals surface area (Å²) < 4.78 is 56.7. The summed E-state index contributed by atoms with van der Waals surface area (Å²) >= 11 is 0. The highest BCUT2D eigenvalue weighted by atomic mass is 19.4. The topological polar surface area (TPSA) is 77.5 Å². The normalized spacial score (nSPS) is 17.4. The van der Waals surface area contributed by atoms with E-state index in [-0.39, 0.29) is 6.10 Å². The zero-order valence-corrected chi connectivity index (χ0v) is 19.2. The van der Waals surface area contributed by atoms with Crippen LogP contribution in [-0.2, 0) is 10.9 Å². The van der Waals surface area contributed by atoms with Gasteiger partial charge in [-0.1, -0.05) is 12.1 Å². The summed E-state index contributed by atoms with van der Waals surface area (Å²) in [5, 5.41) is 7.17. The summed E-state index contributed by atoms with van der Waals surface area (Å²) in [5.41, 5.74) is 0.430.